The van der Waals surface area contributed by atoms with Gasteiger partial charge in [0.2, 0.25) is 0 Å². The summed E-state index contributed by atoms with van der Waals surface area (Å²) in [5.74, 6) is 0.0253. The molecule has 0 saturated heterocycles. The maximum Gasteiger partial charge on any atom is 0.188 e. The third-order valence-corrected chi connectivity index (χ3v) is 1.81. The van der Waals surface area contributed by atoms with Crippen molar-refractivity contribution in [3.05, 3.63) is 0 Å². The minimum atomic E-state index is -0.319. The topological polar surface area (TPSA) is 99.4 Å². The van der Waals surface area contributed by atoms with Gasteiger partial charge in [0.25, 0.3) is 0 Å². The number of hydrogen-bond donors (Lipinski definition) is 4. The van der Waals surface area contributed by atoms with E-state index in [9.17, 15) is 0 Å². The van der Waals surface area contributed by atoms with E-state index < -0.39 is 0 Å². The van der Waals surface area contributed by atoms with Crippen LogP contribution in [0.4, 0.5) is 0 Å². The minimum absolute atomic E-state index is 0.0253. The minimum Gasteiger partial charge on any atom is -0.395 e. The Morgan fingerprint density at radius 2 is 2.23 bits per heavy atom. The third kappa shape index (κ3) is 5.43. The molecule has 0 fully saturated rings. The second-order valence-corrected chi connectivity index (χ2v) is 3.13. The van der Waals surface area contributed by atoms with Gasteiger partial charge < -0.3 is 21.5 Å². The van der Waals surface area contributed by atoms with Crippen molar-refractivity contribution in [1.29, 1.82) is 5.41 Å². The highest BCUT2D eigenvalue weighted by Crippen LogP contribution is 1.95. The van der Waals surface area contributed by atoms with Gasteiger partial charge in [-0.25, -0.2) is 0 Å². The van der Waals surface area contributed by atoms with Crippen LogP contribution in [0.3, 0.4) is 0 Å². The zero-order valence-corrected chi connectivity index (χ0v) is 8.16. The molecule has 0 bridgehead atoms. The highest BCUT2D eigenvalue weighted by atomic mass is 16.3. The second kappa shape index (κ2) is 6.68. The van der Waals surface area contributed by atoms with Gasteiger partial charge in [0.15, 0.2) is 5.96 Å². The highest BCUT2D eigenvalue weighted by molar-refractivity contribution is 5.74. The second-order valence-electron chi connectivity index (χ2n) is 3.13. The van der Waals surface area contributed by atoms with E-state index in [4.69, 9.17) is 22.0 Å². The first-order valence-electron chi connectivity index (χ1n) is 4.57. The van der Waals surface area contributed by atoms with Gasteiger partial charge in [-0.1, -0.05) is 13.3 Å². The van der Waals surface area contributed by atoms with Crippen molar-refractivity contribution < 1.29 is 5.11 Å². The summed E-state index contributed by atoms with van der Waals surface area (Å²) < 4.78 is 0. The van der Waals surface area contributed by atoms with Crippen molar-refractivity contribution in [2.75, 3.05) is 19.7 Å². The van der Waals surface area contributed by atoms with Crippen LogP contribution in [0, 0.1) is 5.41 Å². The van der Waals surface area contributed by atoms with Crippen LogP contribution in [0.2, 0.25) is 0 Å². The molecule has 1 atom stereocenters. The number of guanidine groups is 1. The smallest absolute Gasteiger partial charge is 0.188 e. The summed E-state index contributed by atoms with van der Waals surface area (Å²) in [6.45, 7) is 3.19. The Hall–Kier alpha value is -0.810. The van der Waals surface area contributed by atoms with Crippen molar-refractivity contribution in [3.63, 3.8) is 0 Å². The normalized spacial score (nSPS) is 12.5. The van der Waals surface area contributed by atoms with Crippen molar-refractivity contribution in [2.24, 2.45) is 11.5 Å². The van der Waals surface area contributed by atoms with Crippen LogP contribution in [0.5, 0.6) is 0 Å². The molecule has 13 heavy (non-hydrogen) atoms. The molecule has 5 nitrogen and oxygen atoms in total. The maximum atomic E-state index is 8.73. The predicted molar refractivity (Wildman–Crippen MR) is 53.5 cm³/mol. The molecule has 0 aliphatic carbocycles. The standard InChI is InChI=1S/C8H20N4O/c1-2-3-4-12(8(10)11)5-7(9)6-13/h7,13H,2-6,9H2,1H3,(H3,10,11)/t7-/m1/s1. The summed E-state index contributed by atoms with van der Waals surface area (Å²) in [4.78, 5) is 1.68. The van der Waals surface area contributed by atoms with E-state index in [0.29, 0.717) is 6.54 Å². The Kier molecular flexibility index (Phi) is 6.26. The molecule has 0 rings (SSSR count). The quantitative estimate of drug-likeness (QED) is 0.327. The lowest BCUT2D eigenvalue weighted by Gasteiger charge is -2.24. The number of unbranched alkanes of at least 4 members (excludes halogenated alkanes) is 1. The lowest BCUT2D eigenvalue weighted by Crippen LogP contribution is -2.46. The first-order chi connectivity index (χ1) is 6.11. The first-order valence-corrected chi connectivity index (χ1v) is 4.57. The Labute approximate surface area is 79.2 Å². The largest absolute Gasteiger partial charge is 0.395 e. The number of hydrogen-bond acceptors (Lipinski definition) is 3. The van der Waals surface area contributed by atoms with Crippen LogP contribution in [0.25, 0.3) is 0 Å². The van der Waals surface area contributed by atoms with E-state index in [1.54, 1.807) is 4.90 Å². The Morgan fingerprint density at radius 3 is 2.62 bits per heavy atom. The van der Waals surface area contributed by atoms with Crippen LogP contribution in [0.15, 0.2) is 0 Å². The zero-order valence-electron chi connectivity index (χ0n) is 8.16. The summed E-state index contributed by atoms with van der Waals surface area (Å²) in [6.07, 6.45) is 2.04. The molecule has 0 amide bonds. The van der Waals surface area contributed by atoms with Gasteiger partial charge in [-0.05, 0) is 6.42 Å². The summed E-state index contributed by atoms with van der Waals surface area (Å²) in [7, 11) is 0. The average Bonchev–Trinajstić information content (AvgIpc) is 2.11. The molecule has 0 saturated carbocycles. The molecule has 0 aromatic carbocycles. The fourth-order valence-electron chi connectivity index (χ4n) is 1.000. The molecule has 0 heterocycles. The summed E-state index contributed by atoms with van der Waals surface area (Å²) in [6, 6.07) is -0.319. The molecule has 0 spiro atoms. The maximum absolute atomic E-state index is 8.73. The lowest BCUT2D eigenvalue weighted by atomic mass is 10.2. The van der Waals surface area contributed by atoms with E-state index in [-0.39, 0.29) is 18.6 Å². The molecule has 0 radical (unpaired) electrons. The van der Waals surface area contributed by atoms with Crippen LogP contribution < -0.4 is 11.5 Å². The van der Waals surface area contributed by atoms with Gasteiger partial charge in [-0.15, -0.1) is 0 Å². The number of aliphatic hydroxyl groups excluding tert-OH is 1. The van der Waals surface area contributed by atoms with Crippen LogP contribution in [-0.2, 0) is 0 Å². The van der Waals surface area contributed by atoms with Crippen molar-refractivity contribution in [2.45, 2.75) is 25.8 Å². The van der Waals surface area contributed by atoms with Gasteiger partial charge in [0.05, 0.1) is 6.61 Å². The molecule has 0 aromatic heterocycles. The third-order valence-electron chi connectivity index (χ3n) is 1.81. The van der Waals surface area contributed by atoms with Gasteiger partial charge in [0, 0.05) is 19.1 Å². The monoisotopic (exact) mass is 188 g/mol. The highest BCUT2D eigenvalue weighted by Gasteiger charge is 2.09. The fraction of sp³-hybridized carbons (Fsp3) is 0.875. The number of nitrogens with zero attached hydrogens (tertiary/aromatic N) is 1. The number of nitrogens with one attached hydrogen (secondary N) is 1. The van der Waals surface area contributed by atoms with Gasteiger partial charge >= 0.3 is 0 Å². The van der Waals surface area contributed by atoms with E-state index in [2.05, 4.69) is 6.92 Å². The molecule has 0 aromatic rings. The fourth-order valence-corrected chi connectivity index (χ4v) is 1.000. The lowest BCUT2D eigenvalue weighted by molar-refractivity contribution is 0.238. The molecule has 6 N–H and O–H groups in total. The summed E-state index contributed by atoms with van der Waals surface area (Å²) in [5, 5.41) is 16.0. The molecule has 0 unspecified atom stereocenters. The molecular formula is C8H20N4O. The molecule has 78 valence electrons. The van der Waals surface area contributed by atoms with E-state index in [1.165, 1.54) is 0 Å². The van der Waals surface area contributed by atoms with Gasteiger partial charge in [0.1, 0.15) is 0 Å². The molecular weight excluding hydrogens is 168 g/mol. The Balaban J connectivity index is 3.87. The van der Waals surface area contributed by atoms with Crippen molar-refractivity contribution in [3.8, 4) is 0 Å². The zero-order chi connectivity index (χ0) is 10.3. The Morgan fingerprint density at radius 1 is 1.62 bits per heavy atom. The van der Waals surface area contributed by atoms with Gasteiger partial charge in [-0.3, -0.25) is 5.41 Å². The van der Waals surface area contributed by atoms with Crippen LogP contribution in [-0.4, -0.2) is 41.7 Å². The van der Waals surface area contributed by atoms with Crippen LogP contribution >= 0.6 is 0 Å². The summed E-state index contributed by atoms with van der Waals surface area (Å²) >= 11 is 0. The average molecular weight is 188 g/mol. The van der Waals surface area contributed by atoms with E-state index >= 15 is 0 Å². The first kappa shape index (κ1) is 12.2. The molecule has 0 aliphatic rings. The number of rotatable bonds is 6. The van der Waals surface area contributed by atoms with Gasteiger partial charge in [-0.2, -0.15) is 0 Å². The van der Waals surface area contributed by atoms with E-state index in [1.807, 2.05) is 0 Å². The SMILES string of the molecule is CCCCN(C[C@@H](N)CO)C(=N)N. The number of nitrogens with two attached hydrogens (primary N) is 2. The van der Waals surface area contributed by atoms with Crippen molar-refractivity contribution >= 4 is 5.96 Å². The molecule has 0 aliphatic heterocycles. The number of aliphatic hydroxyl groups is 1. The predicted octanol–water partition coefficient (Wildman–Crippen LogP) is -0.698. The summed E-state index contributed by atoms with van der Waals surface area (Å²) in [5.41, 5.74) is 10.9. The van der Waals surface area contributed by atoms with Crippen LogP contribution in [0.1, 0.15) is 19.8 Å². The Bertz CT molecular complexity index is 151. The van der Waals surface area contributed by atoms with E-state index in [0.717, 1.165) is 19.4 Å². The van der Waals surface area contributed by atoms with Crippen molar-refractivity contribution in [1.82, 2.24) is 4.90 Å². The molecule has 5 heteroatoms.